The molecule has 0 radical (unpaired) electrons. The third-order valence-corrected chi connectivity index (χ3v) is 3.19. The Balaban J connectivity index is 0.00000128. The molecule has 0 aliphatic heterocycles. The van der Waals surface area contributed by atoms with Crippen LogP contribution in [0.2, 0.25) is 0 Å². The van der Waals surface area contributed by atoms with Crippen molar-refractivity contribution >= 4 is 45.3 Å². The molecule has 2 aromatic rings. The maximum Gasteiger partial charge on any atom is 0.123 e. The molecule has 17 heavy (non-hydrogen) atoms. The van der Waals surface area contributed by atoms with Gasteiger partial charge in [-0.25, -0.2) is 4.98 Å². The highest BCUT2D eigenvalue weighted by Crippen LogP contribution is 2.23. The lowest BCUT2D eigenvalue weighted by Crippen LogP contribution is -2.02. The van der Waals surface area contributed by atoms with E-state index < -0.39 is 0 Å². The first-order valence-corrected chi connectivity index (χ1v) is 5.89. The van der Waals surface area contributed by atoms with Crippen LogP contribution in [0.25, 0.3) is 10.6 Å². The van der Waals surface area contributed by atoms with E-state index in [1.54, 1.807) is 11.3 Å². The van der Waals surface area contributed by atoms with E-state index in [4.69, 9.17) is 5.73 Å². The summed E-state index contributed by atoms with van der Waals surface area (Å²) in [5.41, 5.74) is 9.05. The summed E-state index contributed by atoms with van der Waals surface area (Å²) in [5, 5.41) is 3.17. The molecule has 2 N–H and O–H groups in total. The number of aryl methyl sites for hydroxylation is 1. The first-order valence-electron chi connectivity index (χ1n) is 5.01. The molecular weight excluding hydrogens is 364 g/mol. The van der Waals surface area contributed by atoms with Crippen molar-refractivity contribution in [1.82, 2.24) is 4.98 Å². The molecule has 1 aromatic carbocycles. The second-order valence-electron chi connectivity index (χ2n) is 3.55. The number of hydrogen-bond donors (Lipinski definition) is 1. The van der Waals surface area contributed by atoms with Gasteiger partial charge in [0.1, 0.15) is 5.01 Å². The minimum atomic E-state index is 0. The monoisotopic (exact) mass is 378 g/mol. The third-order valence-electron chi connectivity index (χ3n) is 2.25. The van der Waals surface area contributed by atoms with Crippen molar-refractivity contribution in [2.75, 3.05) is 6.54 Å². The normalized spacial score (nSPS) is 9.29. The Hall–Kier alpha value is -0.230. The molecule has 1 heterocycles. The molecule has 0 saturated heterocycles. The molecule has 0 saturated carbocycles. The van der Waals surface area contributed by atoms with Crippen LogP contribution in [0.3, 0.4) is 0 Å². The van der Waals surface area contributed by atoms with Gasteiger partial charge in [-0.3, -0.25) is 0 Å². The van der Waals surface area contributed by atoms with Gasteiger partial charge in [0, 0.05) is 17.4 Å². The third kappa shape index (κ3) is 4.50. The van der Waals surface area contributed by atoms with Crippen LogP contribution in [0, 0.1) is 6.92 Å². The number of halogens is 2. The lowest BCUT2D eigenvalue weighted by atomic mass is 10.2. The Labute approximate surface area is 127 Å². The number of rotatable bonds is 3. The standard InChI is InChI=1S/C12H14N2S.2BrH/c1-9-2-4-10(5-3-9)12-14-11(6-7-13)8-15-12;;/h2-5,8H,6-7,13H2,1H3;2*1H. The van der Waals surface area contributed by atoms with E-state index in [1.807, 2.05) is 0 Å². The van der Waals surface area contributed by atoms with E-state index in [0.29, 0.717) is 6.54 Å². The lowest BCUT2D eigenvalue weighted by molar-refractivity contribution is 0.936. The largest absolute Gasteiger partial charge is 0.330 e. The van der Waals surface area contributed by atoms with E-state index in [1.165, 1.54) is 11.1 Å². The Morgan fingerprint density at radius 3 is 2.41 bits per heavy atom. The minimum absolute atomic E-state index is 0. The van der Waals surface area contributed by atoms with Crippen molar-refractivity contribution in [3.63, 3.8) is 0 Å². The van der Waals surface area contributed by atoms with Gasteiger partial charge in [-0.05, 0) is 13.5 Å². The Morgan fingerprint density at radius 1 is 1.18 bits per heavy atom. The number of thiazole rings is 1. The van der Waals surface area contributed by atoms with E-state index in [-0.39, 0.29) is 34.0 Å². The topological polar surface area (TPSA) is 38.9 Å². The Morgan fingerprint density at radius 2 is 1.82 bits per heavy atom. The Bertz CT molecular complexity index is 440. The molecule has 0 atom stereocenters. The summed E-state index contributed by atoms with van der Waals surface area (Å²) < 4.78 is 0. The lowest BCUT2D eigenvalue weighted by Gasteiger charge is -1.96. The highest BCUT2D eigenvalue weighted by Gasteiger charge is 2.03. The van der Waals surface area contributed by atoms with Gasteiger partial charge < -0.3 is 5.73 Å². The van der Waals surface area contributed by atoms with E-state index in [2.05, 4.69) is 41.6 Å². The molecule has 94 valence electrons. The predicted octanol–water partition coefficient (Wildman–Crippen LogP) is 3.78. The Kier molecular flexibility index (Phi) is 7.87. The van der Waals surface area contributed by atoms with Gasteiger partial charge in [0.15, 0.2) is 0 Å². The van der Waals surface area contributed by atoms with Gasteiger partial charge in [0.25, 0.3) is 0 Å². The van der Waals surface area contributed by atoms with E-state index >= 15 is 0 Å². The summed E-state index contributed by atoms with van der Waals surface area (Å²) in [5.74, 6) is 0. The van der Waals surface area contributed by atoms with Crippen molar-refractivity contribution in [2.24, 2.45) is 5.73 Å². The van der Waals surface area contributed by atoms with Crippen LogP contribution in [0.1, 0.15) is 11.3 Å². The second-order valence-corrected chi connectivity index (χ2v) is 4.41. The number of benzene rings is 1. The van der Waals surface area contributed by atoms with Crippen LogP contribution >= 0.6 is 45.3 Å². The van der Waals surface area contributed by atoms with Gasteiger partial charge >= 0.3 is 0 Å². The molecule has 0 fully saturated rings. The average Bonchev–Trinajstić information content (AvgIpc) is 2.68. The van der Waals surface area contributed by atoms with Gasteiger partial charge in [-0.2, -0.15) is 0 Å². The van der Waals surface area contributed by atoms with Gasteiger partial charge in [-0.1, -0.05) is 29.8 Å². The van der Waals surface area contributed by atoms with Crippen LogP contribution < -0.4 is 5.73 Å². The maximum absolute atomic E-state index is 5.49. The molecule has 2 rings (SSSR count). The second kappa shape index (κ2) is 7.97. The van der Waals surface area contributed by atoms with E-state index in [9.17, 15) is 0 Å². The summed E-state index contributed by atoms with van der Waals surface area (Å²) in [6.07, 6.45) is 0.863. The molecule has 0 unspecified atom stereocenters. The molecule has 0 amide bonds. The van der Waals surface area contributed by atoms with Crippen molar-refractivity contribution in [2.45, 2.75) is 13.3 Å². The van der Waals surface area contributed by atoms with Crippen LogP contribution in [0.5, 0.6) is 0 Å². The van der Waals surface area contributed by atoms with Crippen molar-refractivity contribution in [3.05, 3.63) is 40.9 Å². The van der Waals surface area contributed by atoms with Gasteiger partial charge in [0.2, 0.25) is 0 Å². The molecule has 5 heteroatoms. The molecule has 1 aromatic heterocycles. The van der Waals surface area contributed by atoms with Gasteiger partial charge in [-0.15, -0.1) is 45.3 Å². The molecular formula is C12H16Br2N2S. The number of nitrogens with zero attached hydrogens (tertiary/aromatic N) is 1. The van der Waals surface area contributed by atoms with Crippen LogP contribution in [0.4, 0.5) is 0 Å². The summed E-state index contributed by atoms with van der Waals surface area (Å²) in [6, 6.07) is 8.44. The fourth-order valence-electron chi connectivity index (χ4n) is 1.40. The first-order chi connectivity index (χ1) is 7.29. The summed E-state index contributed by atoms with van der Waals surface area (Å²) in [6.45, 7) is 2.75. The molecule has 0 aliphatic carbocycles. The zero-order valence-electron chi connectivity index (χ0n) is 9.55. The molecule has 0 bridgehead atoms. The van der Waals surface area contributed by atoms with Crippen LogP contribution in [-0.2, 0) is 6.42 Å². The zero-order chi connectivity index (χ0) is 10.7. The summed E-state index contributed by atoms with van der Waals surface area (Å²) >= 11 is 1.68. The molecule has 0 aliphatic rings. The van der Waals surface area contributed by atoms with Crippen LogP contribution in [-0.4, -0.2) is 11.5 Å². The highest BCUT2D eigenvalue weighted by atomic mass is 79.9. The van der Waals surface area contributed by atoms with Crippen LogP contribution in [0.15, 0.2) is 29.6 Å². The van der Waals surface area contributed by atoms with E-state index in [0.717, 1.165) is 17.1 Å². The SMILES string of the molecule is Br.Br.Cc1ccc(-c2nc(CCN)cs2)cc1. The molecule has 2 nitrogen and oxygen atoms in total. The number of hydrogen-bond acceptors (Lipinski definition) is 3. The van der Waals surface area contributed by atoms with Crippen molar-refractivity contribution in [1.29, 1.82) is 0 Å². The fraction of sp³-hybridized carbons (Fsp3) is 0.250. The van der Waals surface area contributed by atoms with Crippen molar-refractivity contribution in [3.8, 4) is 10.6 Å². The summed E-state index contributed by atoms with van der Waals surface area (Å²) in [7, 11) is 0. The zero-order valence-corrected chi connectivity index (χ0v) is 13.8. The minimum Gasteiger partial charge on any atom is -0.330 e. The number of aromatic nitrogens is 1. The molecule has 0 spiro atoms. The number of nitrogens with two attached hydrogens (primary N) is 1. The quantitative estimate of drug-likeness (QED) is 0.881. The van der Waals surface area contributed by atoms with Gasteiger partial charge in [0.05, 0.1) is 5.69 Å². The maximum atomic E-state index is 5.49. The highest BCUT2D eigenvalue weighted by molar-refractivity contribution is 8.93. The smallest absolute Gasteiger partial charge is 0.123 e. The fourth-order valence-corrected chi connectivity index (χ4v) is 2.26. The van der Waals surface area contributed by atoms with Crippen molar-refractivity contribution < 1.29 is 0 Å². The summed E-state index contributed by atoms with van der Waals surface area (Å²) in [4.78, 5) is 4.54. The first kappa shape index (κ1) is 16.8. The average molecular weight is 380 g/mol. The predicted molar refractivity (Wildman–Crippen MR) is 85.7 cm³/mol.